The lowest BCUT2D eigenvalue weighted by Crippen LogP contribution is -2.52. The number of aromatic hydroxyl groups is 1. The van der Waals surface area contributed by atoms with Crippen LogP contribution in [-0.2, 0) is 17.8 Å². The van der Waals surface area contributed by atoms with E-state index in [9.17, 15) is 28.7 Å². The molecule has 3 amide bonds. The van der Waals surface area contributed by atoms with Gasteiger partial charge in [-0.2, -0.15) is 0 Å². The van der Waals surface area contributed by atoms with E-state index >= 15 is 0 Å². The lowest BCUT2D eigenvalue weighted by molar-refractivity contribution is 0.0473. The molecule has 35 heavy (non-hydrogen) atoms. The van der Waals surface area contributed by atoms with Crippen LogP contribution in [0, 0.1) is 5.82 Å². The minimum absolute atomic E-state index is 0.0677. The summed E-state index contributed by atoms with van der Waals surface area (Å²) in [6.07, 6.45) is 2.02. The van der Waals surface area contributed by atoms with Gasteiger partial charge in [0.05, 0.1) is 6.61 Å². The Morgan fingerprint density at radius 2 is 1.80 bits per heavy atom. The number of fused-ring (bicyclic) bond motifs is 1. The molecule has 1 aromatic carbocycles. The number of aromatic nitrogens is 1. The zero-order valence-electron chi connectivity index (χ0n) is 19.3. The fraction of sp³-hybridized carbons (Fsp3) is 0.417. The molecule has 1 aromatic heterocycles. The second kappa shape index (κ2) is 10.2. The molecule has 10 nitrogen and oxygen atoms in total. The Morgan fingerprint density at radius 1 is 1.11 bits per heavy atom. The monoisotopic (exact) mass is 486 g/mol. The van der Waals surface area contributed by atoms with Crippen molar-refractivity contribution in [2.45, 2.75) is 38.9 Å². The zero-order valence-corrected chi connectivity index (χ0v) is 19.3. The summed E-state index contributed by atoms with van der Waals surface area (Å²) in [4.78, 5) is 53.7. The van der Waals surface area contributed by atoms with Crippen LogP contribution in [0.4, 0.5) is 9.18 Å². The van der Waals surface area contributed by atoms with Crippen molar-refractivity contribution >= 4 is 17.9 Å². The highest BCUT2D eigenvalue weighted by molar-refractivity contribution is 5.99. The van der Waals surface area contributed by atoms with Gasteiger partial charge in [-0.15, -0.1) is 0 Å². The number of likely N-dealkylation sites (tertiary alicyclic amines) is 1. The number of amides is 3. The Labute approximate surface area is 200 Å². The number of nitrogens with one attached hydrogen (secondary N) is 1. The molecule has 0 unspecified atom stereocenters. The van der Waals surface area contributed by atoms with Gasteiger partial charge in [0.2, 0.25) is 5.43 Å². The van der Waals surface area contributed by atoms with Crippen LogP contribution >= 0.6 is 0 Å². The van der Waals surface area contributed by atoms with Crippen LogP contribution in [-0.4, -0.2) is 69.7 Å². The molecule has 0 bridgehead atoms. The summed E-state index contributed by atoms with van der Waals surface area (Å²) in [6, 6.07) is 5.41. The van der Waals surface area contributed by atoms with E-state index in [4.69, 9.17) is 4.74 Å². The number of ether oxygens (including phenoxy) is 1. The first-order chi connectivity index (χ1) is 16.8. The molecule has 11 heteroatoms. The van der Waals surface area contributed by atoms with E-state index in [0.717, 1.165) is 0 Å². The van der Waals surface area contributed by atoms with Crippen molar-refractivity contribution in [3.8, 4) is 5.75 Å². The first-order valence-electron chi connectivity index (χ1n) is 11.5. The maximum atomic E-state index is 13.2. The summed E-state index contributed by atoms with van der Waals surface area (Å²) < 4.78 is 19.5. The van der Waals surface area contributed by atoms with Crippen LogP contribution in [0.3, 0.4) is 0 Å². The van der Waals surface area contributed by atoms with Crippen molar-refractivity contribution in [3.05, 3.63) is 63.3 Å². The third kappa shape index (κ3) is 4.98. The van der Waals surface area contributed by atoms with Gasteiger partial charge in [0, 0.05) is 45.0 Å². The number of nitrogens with zero attached hydrogens (tertiary/aromatic N) is 3. The maximum absolute atomic E-state index is 13.2. The number of carbonyl (C=O) groups is 3. The third-order valence-electron chi connectivity index (χ3n) is 6.34. The number of carbonyl (C=O) groups excluding carboxylic acids is 3. The minimum atomic E-state index is -0.930. The maximum Gasteiger partial charge on any atom is 0.409 e. The van der Waals surface area contributed by atoms with Gasteiger partial charge >= 0.3 is 6.09 Å². The number of benzene rings is 1. The van der Waals surface area contributed by atoms with Crippen molar-refractivity contribution in [2.24, 2.45) is 0 Å². The van der Waals surface area contributed by atoms with Crippen LogP contribution in [0.1, 0.15) is 46.2 Å². The summed E-state index contributed by atoms with van der Waals surface area (Å²) in [7, 11) is 0. The van der Waals surface area contributed by atoms with Crippen molar-refractivity contribution in [3.63, 3.8) is 0 Å². The number of halogens is 1. The van der Waals surface area contributed by atoms with E-state index in [2.05, 4.69) is 5.32 Å². The molecule has 0 atom stereocenters. The van der Waals surface area contributed by atoms with Crippen molar-refractivity contribution in [2.75, 3.05) is 26.2 Å². The average molecular weight is 487 g/mol. The van der Waals surface area contributed by atoms with Crippen LogP contribution in [0.15, 0.2) is 35.3 Å². The van der Waals surface area contributed by atoms with Gasteiger partial charge in [0.15, 0.2) is 11.4 Å². The number of hydrogen-bond acceptors (Lipinski definition) is 6. The summed E-state index contributed by atoms with van der Waals surface area (Å²) in [5, 5.41) is 13.2. The molecule has 2 N–H and O–H groups in total. The van der Waals surface area contributed by atoms with Crippen LogP contribution in [0.5, 0.6) is 5.75 Å². The van der Waals surface area contributed by atoms with E-state index in [1.54, 1.807) is 16.7 Å². The molecule has 2 aliphatic rings. The standard InChI is InChI=1S/C24H27FN4O6/c1-2-35-24(34)27-9-7-17(8-10-27)29-12-11-28-14-18(20(30)21(31)19(28)23(29)33)22(32)26-13-15-3-5-16(25)6-4-15/h3-6,14,17,31H,2,7-13H2,1H3,(H,26,32). The quantitative estimate of drug-likeness (QED) is 0.664. The summed E-state index contributed by atoms with van der Waals surface area (Å²) in [6.45, 7) is 3.63. The molecule has 2 aromatic rings. The Morgan fingerprint density at radius 3 is 2.46 bits per heavy atom. The number of piperidine rings is 1. The normalized spacial score (nSPS) is 16.1. The van der Waals surface area contributed by atoms with Crippen LogP contribution in [0.2, 0.25) is 0 Å². The number of hydrogen-bond donors (Lipinski definition) is 2. The summed E-state index contributed by atoms with van der Waals surface area (Å²) in [5.74, 6) is -2.36. The van der Waals surface area contributed by atoms with Crippen molar-refractivity contribution in [1.82, 2.24) is 19.7 Å². The predicted octanol–water partition coefficient (Wildman–Crippen LogP) is 1.70. The second-order valence-corrected chi connectivity index (χ2v) is 8.49. The predicted molar refractivity (Wildman–Crippen MR) is 123 cm³/mol. The van der Waals surface area contributed by atoms with E-state index in [0.29, 0.717) is 51.2 Å². The van der Waals surface area contributed by atoms with Gasteiger partial charge in [-0.25, -0.2) is 9.18 Å². The molecule has 186 valence electrons. The number of pyridine rings is 1. The highest BCUT2D eigenvalue weighted by Gasteiger charge is 2.36. The van der Waals surface area contributed by atoms with Gasteiger partial charge in [-0.05, 0) is 37.5 Å². The SMILES string of the molecule is CCOC(=O)N1CCC(N2CCn3cc(C(=O)NCc4ccc(F)cc4)c(=O)c(O)c3C2=O)CC1. The van der Waals surface area contributed by atoms with Gasteiger partial charge in [0.25, 0.3) is 11.8 Å². The fourth-order valence-corrected chi connectivity index (χ4v) is 4.47. The zero-order chi connectivity index (χ0) is 25.1. The Hall–Kier alpha value is -3.89. The molecular formula is C24H27FN4O6. The molecule has 2 aliphatic heterocycles. The van der Waals surface area contributed by atoms with Gasteiger partial charge in [0.1, 0.15) is 11.4 Å². The molecule has 1 saturated heterocycles. The molecule has 0 aliphatic carbocycles. The molecule has 0 spiro atoms. The Kier molecular flexibility index (Phi) is 7.04. The summed E-state index contributed by atoms with van der Waals surface area (Å²) >= 11 is 0. The highest BCUT2D eigenvalue weighted by Crippen LogP contribution is 2.26. The van der Waals surface area contributed by atoms with Gasteiger partial charge in [-0.1, -0.05) is 12.1 Å². The van der Waals surface area contributed by atoms with Crippen molar-refractivity contribution in [1.29, 1.82) is 0 Å². The minimum Gasteiger partial charge on any atom is -0.503 e. The second-order valence-electron chi connectivity index (χ2n) is 8.49. The average Bonchev–Trinajstić information content (AvgIpc) is 2.86. The van der Waals surface area contributed by atoms with E-state index in [-0.39, 0.29) is 29.9 Å². The third-order valence-corrected chi connectivity index (χ3v) is 6.34. The molecule has 1 fully saturated rings. The molecule has 3 heterocycles. The van der Waals surface area contributed by atoms with Crippen LogP contribution < -0.4 is 10.7 Å². The van der Waals surface area contributed by atoms with E-state index in [1.807, 2.05) is 0 Å². The largest absolute Gasteiger partial charge is 0.503 e. The fourth-order valence-electron chi connectivity index (χ4n) is 4.47. The summed E-state index contributed by atoms with van der Waals surface area (Å²) in [5.41, 5.74) is -0.719. The highest BCUT2D eigenvalue weighted by atomic mass is 19.1. The van der Waals surface area contributed by atoms with Crippen LogP contribution in [0.25, 0.3) is 0 Å². The van der Waals surface area contributed by atoms with Gasteiger partial charge < -0.3 is 29.5 Å². The smallest absolute Gasteiger partial charge is 0.409 e. The molecule has 0 radical (unpaired) electrons. The molecular weight excluding hydrogens is 459 g/mol. The Balaban J connectivity index is 1.46. The van der Waals surface area contributed by atoms with E-state index < -0.39 is 28.8 Å². The van der Waals surface area contributed by atoms with Crippen molar-refractivity contribution < 1.29 is 28.6 Å². The van der Waals surface area contributed by atoms with E-state index in [1.165, 1.54) is 35.0 Å². The topological polar surface area (TPSA) is 121 Å². The molecule has 4 rings (SSSR count). The number of rotatable bonds is 5. The van der Waals surface area contributed by atoms with Gasteiger partial charge in [-0.3, -0.25) is 14.4 Å². The lowest BCUT2D eigenvalue weighted by Gasteiger charge is -2.40. The Bertz CT molecular complexity index is 1190. The first-order valence-corrected chi connectivity index (χ1v) is 11.5. The molecule has 0 saturated carbocycles. The lowest BCUT2D eigenvalue weighted by atomic mass is 10.0. The first kappa shape index (κ1) is 24.2.